The molecule has 0 fully saturated rings. The second-order valence-corrected chi connectivity index (χ2v) is 5.71. The molecule has 2 aromatic carbocycles. The van der Waals surface area contributed by atoms with Gasteiger partial charge in [0.15, 0.2) is 5.82 Å². The van der Waals surface area contributed by atoms with E-state index in [1.54, 1.807) is 24.3 Å². The molecule has 0 aliphatic carbocycles. The fourth-order valence-corrected chi connectivity index (χ4v) is 2.52. The summed E-state index contributed by atoms with van der Waals surface area (Å²) in [6, 6.07) is 12.5. The topological polar surface area (TPSA) is 62.7 Å². The maximum atomic E-state index is 6.13. The smallest absolute Gasteiger partial charge is 0.249 e. The van der Waals surface area contributed by atoms with Crippen LogP contribution in [0.2, 0.25) is 15.1 Å². The number of para-hydroxylation sites is 2. The zero-order valence-electron chi connectivity index (χ0n) is 11.6. The first-order valence-electron chi connectivity index (χ1n) is 6.56. The van der Waals surface area contributed by atoms with Crippen LogP contribution >= 0.6 is 34.8 Å². The summed E-state index contributed by atoms with van der Waals surface area (Å²) in [6.07, 6.45) is 1.47. The number of halogens is 3. The van der Waals surface area contributed by atoms with Crippen LogP contribution in [0.5, 0.6) is 0 Å². The highest BCUT2D eigenvalue weighted by atomic mass is 35.5. The number of aromatic nitrogens is 3. The van der Waals surface area contributed by atoms with E-state index in [-0.39, 0.29) is 0 Å². The van der Waals surface area contributed by atoms with E-state index < -0.39 is 0 Å². The zero-order chi connectivity index (χ0) is 16.2. The van der Waals surface area contributed by atoms with E-state index >= 15 is 0 Å². The third kappa shape index (κ3) is 3.82. The molecule has 8 heteroatoms. The standard InChI is InChI=1S/C15H10Cl3N5/c16-9-4-1-2-7-12(9)20-15-22-13(8-19-23-15)21-14-10(17)5-3-6-11(14)18/h1-8H,(H2,20,21,22,23). The first-order valence-corrected chi connectivity index (χ1v) is 7.69. The minimum Gasteiger partial charge on any atom is -0.336 e. The van der Waals surface area contributed by atoms with E-state index in [4.69, 9.17) is 34.8 Å². The molecule has 1 heterocycles. The zero-order valence-corrected chi connectivity index (χ0v) is 13.9. The number of hydrogen-bond donors (Lipinski definition) is 2. The fourth-order valence-electron chi connectivity index (χ4n) is 1.85. The monoisotopic (exact) mass is 365 g/mol. The Labute approximate surface area is 147 Å². The van der Waals surface area contributed by atoms with E-state index in [0.717, 1.165) is 0 Å². The maximum absolute atomic E-state index is 6.13. The predicted octanol–water partition coefficient (Wildman–Crippen LogP) is 5.32. The Bertz CT molecular complexity index is 821. The van der Waals surface area contributed by atoms with Gasteiger partial charge < -0.3 is 10.6 Å². The minimum atomic E-state index is 0.297. The number of hydrogen-bond acceptors (Lipinski definition) is 5. The van der Waals surface area contributed by atoms with Gasteiger partial charge >= 0.3 is 0 Å². The Hall–Kier alpha value is -2.08. The van der Waals surface area contributed by atoms with Crippen LogP contribution in [0.15, 0.2) is 48.7 Å². The van der Waals surface area contributed by atoms with Crippen LogP contribution in [0.1, 0.15) is 0 Å². The van der Waals surface area contributed by atoms with Gasteiger partial charge in [-0.05, 0) is 24.3 Å². The van der Waals surface area contributed by atoms with Crippen molar-refractivity contribution in [3.8, 4) is 0 Å². The molecule has 0 unspecified atom stereocenters. The number of anilines is 4. The Morgan fingerprint density at radius 3 is 2.22 bits per heavy atom. The second kappa shape index (κ2) is 7.00. The summed E-state index contributed by atoms with van der Waals surface area (Å²) in [6.45, 7) is 0. The molecule has 0 bridgehead atoms. The molecule has 0 spiro atoms. The lowest BCUT2D eigenvalue weighted by Gasteiger charge is -2.10. The minimum absolute atomic E-state index is 0.297. The van der Waals surface area contributed by atoms with Gasteiger partial charge in [-0.25, -0.2) is 0 Å². The SMILES string of the molecule is Clc1ccccc1Nc1nncc(Nc2c(Cl)cccc2Cl)n1. The fraction of sp³-hybridized carbons (Fsp3) is 0. The van der Waals surface area contributed by atoms with Gasteiger partial charge in [0, 0.05) is 0 Å². The summed E-state index contributed by atoms with van der Waals surface area (Å²) in [5.74, 6) is 0.746. The summed E-state index contributed by atoms with van der Waals surface area (Å²) in [7, 11) is 0. The highest BCUT2D eigenvalue weighted by molar-refractivity contribution is 6.39. The lowest BCUT2D eigenvalue weighted by atomic mass is 10.3. The van der Waals surface area contributed by atoms with Crippen molar-refractivity contribution in [3.63, 3.8) is 0 Å². The third-order valence-electron chi connectivity index (χ3n) is 2.89. The molecule has 0 aliphatic heterocycles. The molecule has 23 heavy (non-hydrogen) atoms. The number of nitrogens with one attached hydrogen (secondary N) is 2. The Morgan fingerprint density at radius 1 is 0.783 bits per heavy atom. The molecule has 0 radical (unpaired) electrons. The highest BCUT2D eigenvalue weighted by Gasteiger charge is 2.08. The first-order chi connectivity index (χ1) is 11.1. The van der Waals surface area contributed by atoms with E-state index in [1.807, 2.05) is 18.2 Å². The van der Waals surface area contributed by atoms with Gasteiger partial charge in [0.25, 0.3) is 0 Å². The molecule has 0 saturated heterocycles. The maximum Gasteiger partial charge on any atom is 0.249 e. The number of rotatable bonds is 4. The summed E-state index contributed by atoms with van der Waals surface area (Å²) in [5.41, 5.74) is 1.24. The van der Waals surface area contributed by atoms with Crippen molar-refractivity contribution >= 4 is 57.9 Å². The largest absolute Gasteiger partial charge is 0.336 e. The van der Waals surface area contributed by atoms with Gasteiger partial charge in [-0.2, -0.15) is 10.1 Å². The molecule has 3 rings (SSSR count). The molecular formula is C15H10Cl3N5. The van der Waals surface area contributed by atoms with Gasteiger partial charge in [-0.1, -0.05) is 53.0 Å². The van der Waals surface area contributed by atoms with Gasteiger partial charge in [0.05, 0.1) is 32.6 Å². The van der Waals surface area contributed by atoms with Crippen molar-refractivity contribution in [1.29, 1.82) is 0 Å². The summed E-state index contributed by atoms with van der Waals surface area (Å²) in [4.78, 5) is 4.31. The third-order valence-corrected chi connectivity index (χ3v) is 3.85. The molecule has 2 N–H and O–H groups in total. The van der Waals surface area contributed by atoms with Crippen LogP contribution in [-0.2, 0) is 0 Å². The Balaban J connectivity index is 1.84. The normalized spacial score (nSPS) is 10.4. The lowest BCUT2D eigenvalue weighted by Crippen LogP contribution is -2.03. The van der Waals surface area contributed by atoms with E-state index in [9.17, 15) is 0 Å². The second-order valence-electron chi connectivity index (χ2n) is 4.49. The molecular weight excluding hydrogens is 357 g/mol. The molecule has 0 amide bonds. The molecule has 3 aromatic rings. The van der Waals surface area contributed by atoms with E-state index in [1.165, 1.54) is 6.20 Å². The van der Waals surface area contributed by atoms with Gasteiger partial charge in [0.1, 0.15) is 0 Å². The average molecular weight is 367 g/mol. The van der Waals surface area contributed by atoms with Crippen molar-refractivity contribution in [1.82, 2.24) is 15.2 Å². The summed E-state index contributed by atoms with van der Waals surface area (Å²) >= 11 is 18.3. The van der Waals surface area contributed by atoms with Crippen LogP contribution < -0.4 is 10.6 Å². The van der Waals surface area contributed by atoms with Gasteiger partial charge in [-0.3, -0.25) is 0 Å². The molecule has 0 saturated carbocycles. The van der Waals surface area contributed by atoms with Crippen molar-refractivity contribution in [2.24, 2.45) is 0 Å². The number of benzene rings is 2. The molecule has 1 aromatic heterocycles. The van der Waals surface area contributed by atoms with E-state index in [2.05, 4.69) is 25.8 Å². The van der Waals surface area contributed by atoms with Crippen molar-refractivity contribution in [3.05, 3.63) is 63.7 Å². The van der Waals surface area contributed by atoms with E-state index in [0.29, 0.717) is 38.2 Å². The number of nitrogens with zero attached hydrogens (tertiary/aromatic N) is 3. The quantitative estimate of drug-likeness (QED) is 0.654. The van der Waals surface area contributed by atoms with Gasteiger partial charge in [0.2, 0.25) is 5.95 Å². The highest BCUT2D eigenvalue weighted by Crippen LogP contribution is 2.32. The predicted molar refractivity (Wildman–Crippen MR) is 94.3 cm³/mol. The molecule has 0 aliphatic rings. The van der Waals surface area contributed by atoms with Gasteiger partial charge in [-0.15, -0.1) is 5.10 Å². The van der Waals surface area contributed by atoms with Crippen LogP contribution in [0, 0.1) is 0 Å². The average Bonchev–Trinajstić information content (AvgIpc) is 2.54. The first kappa shape index (κ1) is 15.8. The van der Waals surface area contributed by atoms with Crippen molar-refractivity contribution in [2.45, 2.75) is 0 Å². The Morgan fingerprint density at radius 2 is 1.48 bits per heavy atom. The summed E-state index contributed by atoms with van der Waals surface area (Å²) in [5, 5.41) is 15.4. The molecule has 116 valence electrons. The Kier molecular flexibility index (Phi) is 4.81. The van der Waals surface area contributed by atoms with Crippen LogP contribution in [0.25, 0.3) is 0 Å². The molecule has 5 nitrogen and oxygen atoms in total. The van der Waals surface area contributed by atoms with Crippen molar-refractivity contribution < 1.29 is 0 Å². The van der Waals surface area contributed by atoms with Crippen LogP contribution in [0.4, 0.5) is 23.1 Å². The van der Waals surface area contributed by atoms with Crippen LogP contribution in [0.3, 0.4) is 0 Å². The molecule has 0 atom stereocenters. The lowest BCUT2D eigenvalue weighted by molar-refractivity contribution is 0.982. The van der Waals surface area contributed by atoms with Crippen molar-refractivity contribution in [2.75, 3.05) is 10.6 Å². The summed E-state index contributed by atoms with van der Waals surface area (Å²) < 4.78 is 0. The van der Waals surface area contributed by atoms with Crippen LogP contribution in [-0.4, -0.2) is 15.2 Å².